The molecule has 0 saturated carbocycles. The maximum absolute atomic E-state index is 9.53. The fraction of sp³-hybridized carbons (Fsp3) is 0.667. The van der Waals surface area contributed by atoms with E-state index in [0.717, 1.165) is 12.8 Å². The normalized spacial score (nSPS) is 8.71. The van der Waals surface area contributed by atoms with Gasteiger partial charge in [0.1, 0.15) is 0 Å². The first-order valence-electron chi connectivity index (χ1n) is 2.58. The minimum absolute atomic E-state index is 0.563. The highest BCUT2D eigenvalue weighted by Gasteiger charge is 1.81. The van der Waals surface area contributed by atoms with Crippen molar-refractivity contribution in [3.63, 3.8) is 0 Å². The molecule has 0 amide bonds. The van der Waals surface area contributed by atoms with Crippen LogP contribution in [0.15, 0.2) is 0 Å². The van der Waals surface area contributed by atoms with E-state index in [4.69, 9.17) is 0 Å². The molecule has 0 fully saturated rings. The number of hydrogen-bond acceptors (Lipinski definition) is 1. The second-order valence-electron chi connectivity index (χ2n) is 1.38. The van der Waals surface area contributed by atoms with Gasteiger partial charge in [-0.3, -0.25) is 4.79 Å². The van der Waals surface area contributed by atoms with Crippen LogP contribution < -0.4 is 0 Å². The molecule has 0 aromatic rings. The van der Waals surface area contributed by atoms with E-state index in [1.54, 1.807) is 0 Å². The van der Waals surface area contributed by atoms with Crippen molar-refractivity contribution in [1.82, 2.24) is 0 Å². The maximum Gasteiger partial charge on any atom is 0.198 e. The first kappa shape index (κ1) is 6.67. The van der Waals surface area contributed by atoms with Crippen LogP contribution in [0.4, 0.5) is 0 Å². The molecule has 0 aliphatic heterocycles. The Kier molecular flexibility index (Phi) is 5.40. The summed E-state index contributed by atoms with van der Waals surface area (Å²) in [7, 11) is 0. The molecule has 2 radical (unpaired) electrons. The lowest BCUT2D eigenvalue weighted by atomic mass is 10.2. The molecule has 1 heteroatoms. The SMILES string of the molecule is CC[CH]CC[C]=O. The van der Waals surface area contributed by atoms with Gasteiger partial charge < -0.3 is 0 Å². The van der Waals surface area contributed by atoms with Crippen molar-refractivity contribution in [3.05, 3.63) is 6.42 Å². The molecule has 0 atom stereocenters. The first-order chi connectivity index (χ1) is 3.41. The highest BCUT2D eigenvalue weighted by atomic mass is 16.1. The predicted molar refractivity (Wildman–Crippen MR) is 29.5 cm³/mol. The molecular formula is C6H10O. The average molecular weight is 98.1 g/mol. The lowest BCUT2D eigenvalue weighted by Gasteiger charge is -1.84. The van der Waals surface area contributed by atoms with Gasteiger partial charge in [0.2, 0.25) is 0 Å². The fourth-order valence-electron chi connectivity index (χ4n) is 0.365. The van der Waals surface area contributed by atoms with Crippen LogP contribution in [0.5, 0.6) is 0 Å². The third-order valence-electron chi connectivity index (χ3n) is 0.739. The van der Waals surface area contributed by atoms with E-state index in [-0.39, 0.29) is 0 Å². The lowest BCUT2D eigenvalue weighted by Crippen LogP contribution is -1.74. The summed E-state index contributed by atoms with van der Waals surface area (Å²) in [6, 6.07) is 0. The van der Waals surface area contributed by atoms with E-state index >= 15 is 0 Å². The summed E-state index contributed by atoms with van der Waals surface area (Å²) in [5.74, 6) is 0. The topological polar surface area (TPSA) is 17.1 Å². The molecule has 0 aliphatic rings. The van der Waals surface area contributed by atoms with Gasteiger partial charge in [-0.05, 0) is 12.8 Å². The van der Waals surface area contributed by atoms with E-state index in [9.17, 15) is 4.79 Å². The van der Waals surface area contributed by atoms with Crippen LogP contribution in [0.3, 0.4) is 0 Å². The summed E-state index contributed by atoms with van der Waals surface area (Å²) in [5.41, 5.74) is 0. The minimum atomic E-state index is 0.563. The van der Waals surface area contributed by atoms with E-state index in [1.807, 2.05) is 6.29 Å². The Morgan fingerprint density at radius 1 is 1.71 bits per heavy atom. The van der Waals surface area contributed by atoms with Crippen LogP contribution >= 0.6 is 0 Å². The molecule has 0 rings (SSSR count). The molecule has 0 aromatic carbocycles. The van der Waals surface area contributed by atoms with Gasteiger partial charge in [-0.1, -0.05) is 13.3 Å². The van der Waals surface area contributed by atoms with Crippen molar-refractivity contribution < 1.29 is 4.79 Å². The van der Waals surface area contributed by atoms with E-state index < -0.39 is 0 Å². The van der Waals surface area contributed by atoms with Crippen molar-refractivity contribution in [3.8, 4) is 0 Å². The van der Waals surface area contributed by atoms with Gasteiger partial charge >= 0.3 is 0 Å². The Hall–Kier alpha value is -0.330. The van der Waals surface area contributed by atoms with Crippen LogP contribution in [0.25, 0.3) is 0 Å². The van der Waals surface area contributed by atoms with Crippen molar-refractivity contribution in [1.29, 1.82) is 0 Å². The van der Waals surface area contributed by atoms with E-state index in [0.29, 0.717) is 6.42 Å². The van der Waals surface area contributed by atoms with Crippen molar-refractivity contribution >= 4 is 6.29 Å². The summed E-state index contributed by atoms with van der Waals surface area (Å²) >= 11 is 0. The summed E-state index contributed by atoms with van der Waals surface area (Å²) in [5, 5.41) is 0. The molecule has 0 saturated heterocycles. The lowest BCUT2D eigenvalue weighted by molar-refractivity contribution is 0.550. The van der Waals surface area contributed by atoms with Crippen molar-refractivity contribution in [2.75, 3.05) is 0 Å². The summed E-state index contributed by atoms with van der Waals surface area (Å²) in [4.78, 5) is 9.53. The zero-order chi connectivity index (χ0) is 5.54. The van der Waals surface area contributed by atoms with Crippen LogP contribution in [-0.2, 0) is 4.79 Å². The second-order valence-corrected chi connectivity index (χ2v) is 1.38. The highest BCUT2D eigenvalue weighted by Crippen LogP contribution is 1.92. The summed E-state index contributed by atoms with van der Waals surface area (Å²) < 4.78 is 0. The molecule has 1 nitrogen and oxygen atoms in total. The second kappa shape index (κ2) is 5.67. The van der Waals surface area contributed by atoms with Gasteiger partial charge in [-0.15, -0.1) is 0 Å². The van der Waals surface area contributed by atoms with Crippen LogP contribution in [0.2, 0.25) is 0 Å². The Labute approximate surface area is 44.7 Å². The quantitative estimate of drug-likeness (QED) is 0.487. The number of hydrogen-bond donors (Lipinski definition) is 0. The molecule has 0 unspecified atom stereocenters. The number of rotatable bonds is 4. The predicted octanol–water partition coefficient (Wildman–Crippen LogP) is 1.49. The first-order valence-corrected chi connectivity index (χ1v) is 2.58. The van der Waals surface area contributed by atoms with Crippen LogP contribution in [0.1, 0.15) is 26.2 Å². The van der Waals surface area contributed by atoms with Crippen LogP contribution in [0, 0.1) is 6.42 Å². The third kappa shape index (κ3) is 5.67. The molecule has 0 aromatic heterocycles. The number of carbonyl (C=O) groups excluding carboxylic acids is 1. The van der Waals surface area contributed by atoms with Gasteiger partial charge in [0.05, 0.1) is 0 Å². The highest BCUT2D eigenvalue weighted by molar-refractivity contribution is 5.50. The van der Waals surface area contributed by atoms with Gasteiger partial charge in [0.25, 0.3) is 0 Å². The molecular weight excluding hydrogens is 88.1 g/mol. The Morgan fingerprint density at radius 3 is 2.86 bits per heavy atom. The molecule has 0 aliphatic carbocycles. The number of unbranched alkanes of at least 4 members (excludes halogenated alkanes) is 3. The molecule has 0 heterocycles. The third-order valence-corrected chi connectivity index (χ3v) is 0.739. The monoisotopic (exact) mass is 98.1 g/mol. The standard InChI is InChI=1S/C6H10O/c1-2-3-4-5-6-7/h3H,2,4-5H2,1H3. The average Bonchev–Trinajstić information content (AvgIpc) is 1.69. The molecule has 40 valence electrons. The van der Waals surface area contributed by atoms with Gasteiger partial charge in [0, 0.05) is 6.42 Å². The van der Waals surface area contributed by atoms with E-state index in [1.165, 1.54) is 0 Å². The van der Waals surface area contributed by atoms with Crippen molar-refractivity contribution in [2.45, 2.75) is 26.2 Å². The van der Waals surface area contributed by atoms with Crippen molar-refractivity contribution in [2.24, 2.45) is 0 Å². The summed E-state index contributed by atoms with van der Waals surface area (Å²) in [6.45, 7) is 2.06. The zero-order valence-corrected chi connectivity index (χ0v) is 4.61. The Bertz CT molecular complexity index is 41.4. The fourth-order valence-corrected chi connectivity index (χ4v) is 0.365. The molecule has 0 N–H and O–H groups in total. The molecule has 7 heavy (non-hydrogen) atoms. The van der Waals surface area contributed by atoms with Gasteiger partial charge in [0.15, 0.2) is 6.29 Å². The Morgan fingerprint density at radius 2 is 2.43 bits per heavy atom. The molecule has 0 spiro atoms. The molecule has 0 bridgehead atoms. The maximum atomic E-state index is 9.53. The van der Waals surface area contributed by atoms with E-state index in [2.05, 4.69) is 13.3 Å². The zero-order valence-electron chi connectivity index (χ0n) is 4.61. The van der Waals surface area contributed by atoms with Crippen LogP contribution in [-0.4, -0.2) is 6.29 Å². The minimum Gasteiger partial charge on any atom is -0.291 e. The Balaban J connectivity index is 2.56. The summed E-state index contributed by atoms with van der Waals surface area (Å²) in [6.07, 6.45) is 6.40. The van der Waals surface area contributed by atoms with Gasteiger partial charge in [-0.25, -0.2) is 0 Å². The smallest absolute Gasteiger partial charge is 0.198 e. The van der Waals surface area contributed by atoms with Gasteiger partial charge in [-0.2, -0.15) is 0 Å². The largest absolute Gasteiger partial charge is 0.291 e.